The molecule has 0 radical (unpaired) electrons. The number of halogens is 1. The van der Waals surface area contributed by atoms with E-state index in [-0.39, 0.29) is 11.9 Å². The van der Waals surface area contributed by atoms with Gasteiger partial charge in [0.15, 0.2) is 0 Å². The molecule has 2 rings (SSSR count). The molecule has 2 aromatic carbocycles. The van der Waals surface area contributed by atoms with Gasteiger partial charge in [0.25, 0.3) is 0 Å². The van der Waals surface area contributed by atoms with Gasteiger partial charge in [0.1, 0.15) is 5.82 Å². The molecule has 2 aromatic rings. The molecule has 2 nitrogen and oxygen atoms in total. The third kappa shape index (κ3) is 3.55. The smallest absolute Gasteiger partial charge is 0.123 e. The lowest BCUT2D eigenvalue weighted by Gasteiger charge is -2.18. The van der Waals surface area contributed by atoms with Crippen LogP contribution in [0.25, 0.3) is 0 Å². The third-order valence-electron chi connectivity index (χ3n) is 3.04. The summed E-state index contributed by atoms with van der Waals surface area (Å²) in [5, 5.41) is 3.39. The predicted octanol–water partition coefficient (Wildman–Crippen LogP) is 4.15. The van der Waals surface area contributed by atoms with E-state index < -0.39 is 0 Å². The first kappa shape index (κ1) is 13.6. The van der Waals surface area contributed by atoms with E-state index in [4.69, 9.17) is 4.74 Å². The highest BCUT2D eigenvalue weighted by Crippen LogP contribution is 2.23. The molecule has 0 aromatic heterocycles. The lowest BCUT2D eigenvalue weighted by atomic mass is 10.1. The van der Waals surface area contributed by atoms with Gasteiger partial charge in [0.2, 0.25) is 0 Å². The Morgan fingerprint density at radius 1 is 1.16 bits per heavy atom. The summed E-state index contributed by atoms with van der Waals surface area (Å²) in [6, 6.07) is 14.7. The van der Waals surface area contributed by atoms with Crippen LogP contribution in [0.4, 0.5) is 10.1 Å². The Bertz CT molecular complexity index is 542. The highest BCUT2D eigenvalue weighted by molar-refractivity contribution is 5.52. The van der Waals surface area contributed by atoms with Crippen molar-refractivity contribution in [1.29, 1.82) is 0 Å². The number of hydrogen-bond donors (Lipinski definition) is 1. The fraction of sp³-hybridized carbons (Fsp3) is 0.250. The Morgan fingerprint density at radius 2 is 1.95 bits per heavy atom. The monoisotopic (exact) mass is 259 g/mol. The minimum Gasteiger partial charge on any atom is -0.380 e. The summed E-state index contributed by atoms with van der Waals surface area (Å²) in [6.07, 6.45) is 0. The number of anilines is 1. The van der Waals surface area contributed by atoms with Gasteiger partial charge in [-0.3, -0.25) is 0 Å². The Morgan fingerprint density at radius 3 is 2.68 bits per heavy atom. The summed E-state index contributed by atoms with van der Waals surface area (Å²) in [5.74, 6) is -0.212. The zero-order chi connectivity index (χ0) is 13.7. The Kier molecular flexibility index (Phi) is 4.53. The van der Waals surface area contributed by atoms with Crippen LogP contribution in [0.1, 0.15) is 24.1 Å². The fourth-order valence-corrected chi connectivity index (χ4v) is 2.04. The Hall–Kier alpha value is -1.87. The standard InChI is InChI=1S/C16H18FNO/c1-12(13-7-5-8-15(17)10-13)18-16-9-4-3-6-14(16)11-19-2/h3-10,12,18H,11H2,1-2H3. The molecular weight excluding hydrogens is 241 g/mol. The van der Waals surface area contributed by atoms with Crippen LogP contribution < -0.4 is 5.32 Å². The molecule has 0 saturated heterocycles. The number of hydrogen-bond acceptors (Lipinski definition) is 2. The first-order valence-corrected chi connectivity index (χ1v) is 6.29. The third-order valence-corrected chi connectivity index (χ3v) is 3.04. The van der Waals surface area contributed by atoms with Crippen LogP contribution in [-0.4, -0.2) is 7.11 Å². The molecule has 0 spiro atoms. The molecule has 1 unspecified atom stereocenters. The van der Waals surface area contributed by atoms with Gasteiger partial charge in [0, 0.05) is 24.4 Å². The van der Waals surface area contributed by atoms with E-state index in [1.165, 1.54) is 6.07 Å². The van der Waals surface area contributed by atoms with Crippen LogP contribution in [-0.2, 0) is 11.3 Å². The van der Waals surface area contributed by atoms with E-state index in [1.807, 2.05) is 37.3 Å². The van der Waals surface area contributed by atoms with Crippen LogP contribution in [0.5, 0.6) is 0 Å². The van der Waals surface area contributed by atoms with Crippen molar-refractivity contribution in [2.45, 2.75) is 19.6 Å². The van der Waals surface area contributed by atoms with Gasteiger partial charge >= 0.3 is 0 Å². The molecule has 0 aliphatic carbocycles. The van der Waals surface area contributed by atoms with E-state index in [0.717, 1.165) is 16.8 Å². The number of benzene rings is 2. The number of rotatable bonds is 5. The number of para-hydroxylation sites is 1. The van der Waals surface area contributed by atoms with Crippen LogP contribution in [0.2, 0.25) is 0 Å². The summed E-state index contributed by atoms with van der Waals surface area (Å²) < 4.78 is 18.4. The predicted molar refractivity (Wildman–Crippen MR) is 75.6 cm³/mol. The minimum atomic E-state index is -0.212. The van der Waals surface area contributed by atoms with Crippen molar-refractivity contribution in [3.8, 4) is 0 Å². The normalized spacial score (nSPS) is 12.2. The van der Waals surface area contributed by atoms with Gasteiger partial charge in [-0.05, 0) is 30.7 Å². The molecule has 1 atom stereocenters. The van der Waals surface area contributed by atoms with Gasteiger partial charge in [-0.15, -0.1) is 0 Å². The zero-order valence-electron chi connectivity index (χ0n) is 11.2. The molecule has 100 valence electrons. The largest absolute Gasteiger partial charge is 0.380 e. The molecular formula is C16H18FNO. The highest BCUT2D eigenvalue weighted by Gasteiger charge is 2.08. The molecule has 0 aliphatic rings. The second-order valence-electron chi connectivity index (χ2n) is 4.51. The van der Waals surface area contributed by atoms with Crippen molar-refractivity contribution in [3.63, 3.8) is 0 Å². The lowest BCUT2D eigenvalue weighted by molar-refractivity contribution is 0.185. The van der Waals surface area contributed by atoms with E-state index in [2.05, 4.69) is 5.32 Å². The van der Waals surface area contributed by atoms with Crippen molar-refractivity contribution < 1.29 is 9.13 Å². The number of ether oxygens (including phenoxy) is 1. The van der Waals surface area contributed by atoms with E-state index in [0.29, 0.717) is 6.61 Å². The topological polar surface area (TPSA) is 21.3 Å². The van der Waals surface area contributed by atoms with Gasteiger partial charge in [-0.2, -0.15) is 0 Å². The van der Waals surface area contributed by atoms with Crippen molar-refractivity contribution in [2.75, 3.05) is 12.4 Å². The van der Waals surface area contributed by atoms with E-state index in [9.17, 15) is 4.39 Å². The summed E-state index contributed by atoms with van der Waals surface area (Å²) in [7, 11) is 1.67. The average molecular weight is 259 g/mol. The molecule has 0 heterocycles. The first-order valence-electron chi connectivity index (χ1n) is 6.29. The van der Waals surface area contributed by atoms with E-state index in [1.54, 1.807) is 19.2 Å². The molecule has 0 fully saturated rings. The molecule has 0 bridgehead atoms. The highest BCUT2D eigenvalue weighted by atomic mass is 19.1. The van der Waals surface area contributed by atoms with Gasteiger partial charge in [-0.25, -0.2) is 4.39 Å². The average Bonchev–Trinajstić information content (AvgIpc) is 2.41. The lowest BCUT2D eigenvalue weighted by Crippen LogP contribution is -2.09. The van der Waals surface area contributed by atoms with Crippen LogP contribution in [0, 0.1) is 5.82 Å². The Balaban J connectivity index is 2.16. The second-order valence-corrected chi connectivity index (χ2v) is 4.51. The van der Waals surface area contributed by atoms with Crippen LogP contribution in [0.3, 0.4) is 0 Å². The molecule has 19 heavy (non-hydrogen) atoms. The van der Waals surface area contributed by atoms with Gasteiger partial charge in [-0.1, -0.05) is 30.3 Å². The molecule has 1 N–H and O–H groups in total. The van der Waals surface area contributed by atoms with Crippen molar-refractivity contribution in [3.05, 3.63) is 65.5 Å². The van der Waals surface area contributed by atoms with Crippen molar-refractivity contribution in [2.24, 2.45) is 0 Å². The fourth-order valence-electron chi connectivity index (χ4n) is 2.04. The van der Waals surface area contributed by atoms with Crippen molar-refractivity contribution >= 4 is 5.69 Å². The quantitative estimate of drug-likeness (QED) is 0.871. The van der Waals surface area contributed by atoms with Crippen molar-refractivity contribution in [1.82, 2.24) is 0 Å². The zero-order valence-corrected chi connectivity index (χ0v) is 11.2. The summed E-state index contributed by atoms with van der Waals surface area (Å²) in [5.41, 5.74) is 3.03. The van der Waals surface area contributed by atoms with Crippen LogP contribution in [0.15, 0.2) is 48.5 Å². The maximum atomic E-state index is 13.2. The van der Waals surface area contributed by atoms with Crippen LogP contribution >= 0.6 is 0 Å². The minimum absolute atomic E-state index is 0.0358. The summed E-state index contributed by atoms with van der Waals surface area (Å²) in [4.78, 5) is 0. The van der Waals surface area contributed by atoms with Gasteiger partial charge < -0.3 is 10.1 Å². The number of methoxy groups -OCH3 is 1. The maximum Gasteiger partial charge on any atom is 0.123 e. The molecule has 0 aliphatic heterocycles. The van der Waals surface area contributed by atoms with Gasteiger partial charge in [0.05, 0.1) is 6.61 Å². The molecule has 0 saturated carbocycles. The second kappa shape index (κ2) is 6.34. The summed E-state index contributed by atoms with van der Waals surface area (Å²) in [6.45, 7) is 2.57. The maximum absolute atomic E-state index is 13.2. The number of nitrogens with one attached hydrogen (secondary N) is 1. The SMILES string of the molecule is COCc1ccccc1NC(C)c1cccc(F)c1. The van der Waals surface area contributed by atoms with E-state index >= 15 is 0 Å². The Labute approximate surface area is 113 Å². The first-order chi connectivity index (χ1) is 9.20. The molecule has 0 amide bonds. The summed E-state index contributed by atoms with van der Waals surface area (Å²) >= 11 is 0. The molecule has 3 heteroatoms.